The Morgan fingerprint density at radius 3 is 2.69 bits per heavy atom. The van der Waals surface area contributed by atoms with Gasteiger partial charge in [0, 0.05) is 18.2 Å². The molecule has 29 heavy (non-hydrogen) atoms. The number of carbonyl (C=O) groups is 2. The summed E-state index contributed by atoms with van der Waals surface area (Å²) < 4.78 is 21.4. The average Bonchev–Trinajstić information content (AvgIpc) is 2.76. The molecule has 0 saturated heterocycles. The van der Waals surface area contributed by atoms with Crippen LogP contribution in [-0.2, 0) is 20.9 Å². The van der Waals surface area contributed by atoms with E-state index in [1.165, 1.54) is 13.0 Å². The quantitative estimate of drug-likeness (QED) is 0.571. The summed E-state index contributed by atoms with van der Waals surface area (Å²) >= 11 is 0. The number of benzene rings is 2. The molecule has 1 aliphatic rings. The van der Waals surface area contributed by atoms with Crippen molar-refractivity contribution >= 4 is 18.0 Å². The van der Waals surface area contributed by atoms with Crippen molar-refractivity contribution in [2.75, 3.05) is 20.3 Å². The second-order valence-corrected chi connectivity index (χ2v) is 6.35. The maximum atomic E-state index is 12.2. The summed E-state index contributed by atoms with van der Waals surface area (Å²) in [5.74, 6) is 0.990. The van der Waals surface area contributed by atoms with E-state index >= 15 is 0 Å². The highest BCUT2D eigenvalue weighted by molar-refractivity contribution is 5.90. The molecule has 1 N–H and O–H groups in total. The van der Waals surface area contributed by atoms with E-state index < -0.39 is 18.0 Å². The number of ether oxygens (including phenoxy) is 4. The van der Waals surface area contributed by atoms with Crippen LogP contribution >= 0.6 is 0 Å². The minimum absolute atomic E-state index is 0.276. The van der Waals surface area contributed by atoms with Crippen LogP contribution in [-0.4, -0.2) is 38.3 Å². The van der Waals surface area contributed by atoms with Crippen LogP contribution in [0.3, 0.4) is 0 Å². The minimum atomic E-state index is -0.929. The van der Waals surface area contributed by atoms with Gasteiger partial charge >= 0.3 is 5.97 Å². The standard InChI is InChI=1S/C22H23NO6/c1-15(22(25)23-14-17-5-3-4-6-18(17)26-2)29-21(24)10-8-16-7-9-19-20(13-16)28-12-11-27-19/h3-10,13,15H,11-12,14H2,1-2H3,(H,23,25)/b10-8+/t15-/m0/s1. The molecule has 3 rings (SSSR count). The molecule has 1 atom stereocenters. The molecule has 2 aromatic rings. The molecule has 0 aromatic heterocycles. The van der Waals surface area contributed by atoms with E-state index in [2.05, 4.69) is 5.32 Å². The lowest BCUT2D eigenvalue weighted by Gasteiger charge is -2.18. The lowest BCUT2D eigenvalue weighted by molar-refractivity contribution is -0.150. The van der Waals surface area contributed by atoms with E-state index in [1.54, 1.807) is 31.4 Å². The molecule has 0 aliphatic carbocycles. The normalized spacial score (nSPS) is 13.6. The van der Waals surface area contributed by atoms with Crippen LogP contribution in [0, 0.1) is 0 Å². The predicted molar refractivity (Wildman–Crippen MR) is 107 cm³/mol. The van der Waals surface area contributed by atoms with Gasteiger partial charge in [-0.3, -0.25) is 4.79 Å². The van der Waals surface area contributed by atoms with Crippen LogP contribution in [0.5, 0.6) is 17.2 Å². The van der Waals surface area contributed by atoms with E-state index in [0.717, 1.165) is 11.1 Å². The Hall–Kier alpha value is -3.48. The van der Waals surface area contributed by atoms with Crippen LogP contribution in [0.1, 0.15) is 18.1 Å². The van der Waals surface area contributed by atoms with E-state index in [9.17, 15) is 9.59 Å². The first-order chi connectivity index (χ1) is 14.1. The van der Waals surface area contributed by atoms with Gasteiger partial charge in [0.15, 0.2) is 17.6 Å². The fourth-order valence-electron chi connectivity index (χ4n) is 2.77. The number of nitrogens with one attached hydrogen (secondary N) is 1. The van der Waals surface area contributed by atoms with Crippen molar-refractivity contribution in [1.82, 2.24) is 5.32 Å². The van der Waals surface area contributed by atoms with Crippen LogP contribution < -0.4 is 19.5 Å². The first kappa shape index (κ1) is 20.3. The molecule has 0 bridgehead atoms. The third kappa shape index (κ3) is 5.51. The van der Waals surface area contributed by atoms with E-state index in [0.29, 0.717) is 30.5 Å². The maximum Gasteiger partial charge on any atom is 0.331 e. The van der Waals surface area contributed by atoms with Gasteiger partial charge in [0.1, 0.15) is 19.0 Å². The maximum absolute atomic E-state index is 12.2. The summed E-state index contributed by atoms with van der Waals surface area (Å²) in [4.78, 5) is 24.2. The zero-order valence-corrected chi connectivity index (χ0v) is 16.3. The Labute approximate surface area is 169 Å². The summed E-state index contributed by atoms with van der Waals surface area (Å²) in [7, 11) is 1.57. The third-order valence-electron chi connectivity index (χ3n) is 4.29. The van der Waals surface area contributed by atoms with Crippen molar-refractivity contribution in [3.8, 4) is 17.2 Å². The summed E-state index contributed by atoms with van der Waals surface area (Å²) in [6.45, 7) is 2.81. The summed E-state index contributed by atoms with van der Waals surface area (Å²) in [5.41, 5.74) is 1.60. The van der Waals surface area contributed by atoms with Gasteiger partial charge in [0.25, 0.3) is 5.91 Å². The van der Waals surface area contributed by atoms with Crippen molar-refractivity contribution in [3.05, 3.63) is 59.7 Å². The molecule has 7 nitrogen and oxygen atoms in total. The molecular formula is C22H23NO6. The second-order valence-electron chi connectivity index (χ2n) is 6.35. The zero-order valence-electron chi connectivity index (χ0n) is 16.3. The number of amides is 1. The summed E-state index contributed by atoms with van der Waals surface area (Å²) in [6, 6.07) is 12.7. The minimum Gasteiger partial charge on any atom is -0.496 e. The van der Waals surface area contributed by atoms with Crippen LogP contribution in [0.15, 0.2) is 48.5 Å². The van der Waals surface area contributed by atoms with Crippen molar-refractivity contribution in [1.29, 1.82) is 0 Å². The van der Waals surface area contributed by atoms with Crippen molar-refractivity contribution in [2.45, 2.75) is 19.6 Å². The molecule has 7 heteroatoms. The largest absolute Gasteiger partial charge is 0.496 e. The Morgan fingerprint density at radius 1 is 1.14 bits per heavy atom. The first-order valence-corrected chi connectivity index (χ1v) is 9.25. The SMILES string of the molecule is COc1ccccc1CNC(=O)[C@H](C)OC(=O)/C=C/c1ccc2c(c1)OCCO2. The monoisotopic (exact) mass is 397 g/mol. The van der Waals surface area contributed by atoms with Crippen LogP contribution in [0.4, 0.5) is 0 Å². The van der Waals surface area contributed by atoms with E-state index in [1.807, 2.05) is 24.3 Å². The number of hydrogen-bond donors (Lipinski definition) is 1. The zero-order chi connectivity index (χ0) is 20.6. The molecule has 1 amide bonds. The molecule has 1 aliphatic heterocycles. The Balaban J connectivity index is 1.50. The highest BCUT2D eigenvalue weighted by Gasteiger charge is 2.17. The van der Waals surface area contributed by atoms with Gasteiger partial charge in [0.2, 0.25) is 0 Å². The van der Waals surface area contributed by atoms with Gasteiger partial charge in [-0.1, -0.05) is 24.3 Å². The molecule has 0 fully saturated rings. The number of rotatable bonds is 7. The number of fused-ring (bicyclic) bond motifs is 1. The van der Waals surface area contributed by atoms with Gasteiger partial charge in [-0.25, -0.2) is 4.79 Å². The lowest BCUT2D eigenvalue weighted by Crippen LogP contribution is -2.35. The Bertz CT molecular complexity index is 908. The number of hydrogen-bond acceptors (Lipinski definition) is 6. The number of para-hydroxylation sites is 1. The fourth-order valence-corrected chi connectivity index (χ4v) is 2.77. The van der Waals surface area contributed by atoms with E-state index in [-0.39, 0.29) is 6.54 Å². The smallest absolute Gasteiger partial charge is 0.331 e. The third-order valence-corrected chi connectivity index (χ3v) is 4.29. The number of methoxy groups -OCH3 is 1. The van der Waals surface area contributed by atoms with Gasteiger partial charge in [-0.15, -0.1) is 0 Å². The number of carbonyl (C=O) groups excluding carboxylic acids is 2. The second kappa shape index (κ2) is 9.64. The highest BCUT2D eigenvalue weighted by atomic mass is 16.6. The molecule has 0 radical (unpaired) electrons. The highest BCUT2D eigenvalue weighted by Crippen LogP contribution is 2.31. The van der Waals surface area contributed by atoms with Gasteiger partial charge < -0.3 is 24.3 Å². The molecule has 2 aromatic carbocycles. The van der Waals surface area contributed by atoms with Crippen LogP contribution in [0.25, 0.3) is 6.08 Å². The van der Waals surface area contributed by atoms with Gasteiger partial charge in [-0.2, -0.15) is 0 Å². The number of esters is 1. The van der Waals surface area contributed by atoms with Gasteiger partial charge in [-0.05, 0) is 36.8 Å². The molecule has 0 saturated carbocycles. The summed E-state index contributed by atoms with van der Waals surface area (Å²) in [6.07, 6.45) is 1.94. The summed E-state index contributed by atoms with van der Waals surface area (Å²) in [5, 5.41) is 2.74. The fraction of sp³-hybridized carbons (Fsp3) is 0.273. The molecule has 152 valence electrons. The Morgan fingerprint density at radius 2 is 1.90 bits per heavy atom. The molecular weight excluding hydrogens is 374 g/mol. The van der Waals surface area contributed by atoms with Crippen molar-refractivity contribution in [3.63, 3.8) is 0 Å². The lowest BCUT2D eigenvalue weighted by atomic mass is 10.2. The average molecular weight is 397 g/mol. The Kier molecular flexibility index (Phi) is 6.73. The van der Waals surface area contributed by atoms with Crippen LogP contribution in [0.2, 0.25) is 0 Å². The van der Waals surface area contributed by atoms with Crippen molar-refractivity contribution in [2.24, 2.45) is 0 Å². The molecule has 0 spiro atoms. The molecule has 0 unspecified atom stereocenters. The first-order valence-electron chi connectivity index (χ1n) is 9.25. The topological polar surface area (TPSA) is 83.1 Å². The van der Waals surface area contributed by atoms with Gasteiger partial charge in [0.05, 0.1) is 7.11 Å². The van der Waals surface area contributed by atoms with E-state index in [4.69, 9.17) is 18.9 Å². The van der Waals surface area contributed by atoms with Crippen molar-refractivity contribution < 1.29 is 28.5 Å². The predicted octanol–water partition coefficient (Wildman–Crippen LogP) is 2.73. The molecule has 1 heterocycles.